The number of hydrogen-bond acceptors (Lipinski definition) is 2. The molecule has 0 bridgehead atoms. The number of aromatic nitrogens is 1. The van der Waals surface area contributed by atoms with Crippen LogP contribution in [0.4, 0.5) is 4.39 Å². The Balaban J connectivity index is 1.93. The lowest BCUT2D eigenvalue weighted by molar-refractivity contribution is -0.118. The number of carbonyl (C=O) groups excluding carboxylic acids is 1. The molecule has 0 N–H and O–H groups in total. The molecule has 0 aliphatic heterocycles. The molecule has 3 heteroatoms. The molecule has 1 aromatic heterocycles. The summed E-state index contributed by atoms with van der Waals surface area (Å²) >= 11 is 0. The first kappa shape index (κ1) is 13.4. The van der Waals surface area contributed by atoms with E-state index < -0.39 is 0 Å². The van der Waals surface area contributed by atoms with Crippen molar-refractivity contribution in [3.63, 3.8) is 0 Å². The van der Waals surface area contributed by atoms with E-state index in [1.165, 1.54) is 12.1 Å². The first-order valence-corrected chi connectivity index (χ1v) is 6.31. The van der Waals surface area contributed by atoms with E-state index >= 15 is 0 Å². The third-order valence-electron chi connectivity index (χ3n) is 3.11. The minimum Gasteiger partial charge on any atom is -0.299 e. The molecule has 19 heavy (non-hydrogen) atoms. The summed E-state index contributed by atoms with van der Waals surface area (Å²) in [6.45, 7) is 1.89. The topological polar surface area (TPSA) is 30.0 Å². The number of carbonyl (C=O) groups is 1. The molecule has 0 unspecified atom stereocenters. The van der Waals surface area contributed by atoms with E-state index in [2.05, 4.69) is 4.98 Å². The van der Waals surface area contributed by atoms with Crippen molar-refractivity contribution in [2.75, 3.05) is 0 Å². The van der Waals surface area contributed by atoms with Crippen molar-refractivity contribution >= 4 is 5.78 Å². The van der Waals surface area contributed by atoms with Gasteiger partial charge in [-0.05, 0) is 48.2 Å². The first-order valence-electron chi connectivity index (χ1n) is 6.31. The largest absolute Gasteiger partial charge is 0.299 e. The van der Waals surface area contributed by atoms with Crippen molar-refractivity contribution in [2.45, 2.75) is 26.2 Å². The van der Waals surface area contributed by atoms with Crippen LogP contribution in [0.25, 0.3) is 0 Å². The second kappa shape index (κ2) is 6.23. The van der Waals surface area contributed by atoms with Gasteiger partial charge < -0.3 is 0 Å². The predicted molar refractivity (Wildman–Crippen MR) is 72.4 cm³/mol. The zero-order chi connectivity index (χ0) is 13.7. The third kappa shape index (κ3) is 3.98. The summed E-state index contributed by atoms with van der Waals surface area (Å²) in [5, 5.41) is 0. The van der Waals surface area contributed by atoms with Gasteiger partial charge in [0.2, 0.25) is 0 Å². The molecule has 0 aliphatic carbocycles. The van der Waals surface area contributed by atoms with Crippen LogP contribution in [0.5, 0.6) is 0 Å². The highest BCUT2D eigenvalue weighted by atomic mass is 19.1. The number of hydrogen-bond donors (Lipinski definition) is 0. The van der Waals surface area contributed by atoms with Gasteiger partial charge >= 0.3 is 0 Å². The lowest BCUT2D eigenvalue weighted by Gasteiger charge is -2.05. The van der Waals surface area contributed by atoms with E-state index in [9.17, 15) is 9.18 Å². The van der Waals surface area contributed by atoms with Gasteiger partial charge in [-0.3, -0.25) is 9.78 Å². The normalized spacial score (nSPS) is 10.4. The van der Waals surface area contributed by atoms with Crippen LogP contribution in [0, 0.1) is 12.7 Å². The van der Waals surface area contributed by atoms with Gasteiger partial charge in [0.1, 0.15) is 11.6 Å². The summed E-state index contributed by atoms with van der Waals surface area (Å²) in [5.41, 5.74) is 2.78. The van der Waals surface area contributed by atoms with Gasteiger partial charge in [-0.1, -0.05) is 12.1 Å². The van der Waals surface area contributed by atoms with Crippen LogP contribution in [-0.4, -0.2) is 10.8 Å². The van der Waals surface area contributed by atoms with Crippen LogP contribution in [0.2, 0.25) is 0 Å². The Morgan fingerprint density at radius 3 is 2.89 bits per heavy atom. The van der Waals surface area contributed by atoms with E-state index in [1.807, 2.05) is 19.1 Å². The fraction of sp³-hybridized carbons (Fsp3) is 0.250. The third-order valence-corrected chi connectivity index (χ3v) is 3.11. The molecule has 1 heterocycles. The smallest absolute Gasteiger partial charge is 0.137 e. The lowest BCUT2D eigenvalue weighted by atomic mass is 10.00. The molecule has 98 valence electrons. The Bertz CT molecular complexity index is 566. The summed E-state index contributed by atoms with van der Waals surface area (Å²) in [7, 11) is 0. The molecule has 0 saturated heterocycles. The van der Waals surface area contributed by atoms with Gasteiger partial charge in [-0.15, -0.1) is 0 Å². The fourth-order valence-electron chi connectivity index (χ4n) is 1.96. The van der Waals surface area contributed by atoms with Gasteiger partial charge in [-0.2, -0.15) is 0 Å². The molecule has 2 nitrogen and oxygen atoms in total. The molecule has 0 spiro atoms. The molecule has 0 fully saturated rings. The SMILES string of the molecule is Cc1ccc(F)cc1CC(=O)CCc1cccnc1. The summed E-state index contributed by atoms with van der Waals surface area (Å²) < 4.78 is 13.1. The number of Topliss-reactive ketones (excluding diaryl/α,β-unsaturated/α-hetero) is 1. The predicted octanol–water partition coefficient (Wildman–Crippen LogP) is 3.27. The summed E-state index contributed by atoms with van der Waals surface area (Å²) in [6, 6.07) is 8.37. The van der Waals surface area contributed by atoms with E-state index in [4.69, 9.17) is 0 Å². The molecular weight excluding hydrogens is 241 g/mol. The molecule has 0 atom stereocenters. The van der Waals surface area contributed by atoms with Crippen LogP contribution in [0.1, 0.15) is 23.1 Å². The van der Waals surface area contributed by atoms with Gasteiger partial charge in [0.15, 0.2) is 0 Å². The van der Waals surface area contributed by atoms with E-state index in [0.717, 1.165) is 16.7 Å². The van der Waals surface area contributed by atoms with Gasteiger partial charge in [0, 0.05) is 25.2 Å². The monoisotopic (exact) mass is 257 g/mol. The minimum atomic E-state index is -0.291. The quantitative estimate of drug-likeness (QED) is 0.822. The number of nitrogens with zero attached hydrogens (tertiary/aromatic N) is 1. The Morgan fingerprint density at radius 1 is 1.32 bits per heavy atom. The maximum Gasteiger partial charge on any atom is 0.137 e. The minimum absolute atomic E-state index is 0.123. The highest BCUT2D eigenvalue weighted by Gasteiger charge is 2.07. The maximum atomic E-state index is 13.1. The molecule has 2 rings (SSSR count). The Kier molecular flexibility index (Phi) is 4.39. The summed E-state index contributed by atoms with van der Waals surface area (Å²) in [5.74, 6) is -0.168. The molecule has 0 aliphatic rings. The number of ketones is 1. The zero-order valence-corrected chi connectivity index (χ0v) is 10.9. The van der Waals surface area contributed by atoms with E-state index in [-0.39, 0.29) is 11.6 Å². The molecule has 1 aromatic carbocycles. The molecular formula is C16H16FNO. The maximum absolute atomic E-state index is 13.1. The number of halogens is 1. The number of rotatable bonds is 5. The summed E-state index contributed by atoms with van der Waals surface area (Å²) in [4.78, 5) is 15.9. The van der Waals surface area contributed by atoms with Gasteiger partial charge in [0.25, 0.3) is 0 Å². The summed E-state index contributed by atoms with van der Waals surface area (Å²) in [6.07, 6.45) is 4.91. The van der Waals surface area contributed by atoms with Crippen molar-refractivity contribution in [2.24, 2.45) is 0 Å². The first-order chi connectivity index (χ1) is 9.15. The Morgan fingerprint density at radius 2 is 2.16 bits per heavy atom. The van der Waals surface area contributed by atoms with Crippen LogP contribution in [-0.2, 0) is 17.6 Å². The fourth-order valence-corrected chi connectivity index (χ4v) is 1.96. The van der Waals surface area contributed by atoms with Gasteiger partial charge in [-0.25, -0.2) is 4.39 Å². The molecule has 0 amide bonds. The lowest BCUT2D eigenvalue weighted by Crippen LogP contribution is -2.06. The van der Waals surface area contributed by atoms with Gasteiger partial charge in [0.05, 0.1) is 0 Å². The van der Waals surface area contributed by atoms with Crippen molar-refractivity contribution in [3.8, 4) is 0 Å². The number of pyridine rings is 1. The zero-order valence-electron chi connectivity index (χ0n) is 10.9. The van der Waals surface area contributed by atoms with Crippen LogP contribution in [0.15, 0.2) is 42.7 Å². The second-order valence-corrected chi connectivity index (χ2v) is 4.65. The van der Waals surface area contributed by atoms with E-state index in [0.29, 0.717) is 19.3 Å². The van der Waals surface area contributed by atoms with Crippen LogP contribution in [0.3, 0.4) is 0 Å². The highest BCUT2D eigenvalue weighted by Crippen LogP contribution is 2.12. The number of benzene rings is 1. The highest BCUT2D eigenvalue weighted by molar-refractivity contribution is 5.81. The number of aryl methyl sites for hydroxylation is 2. The average Bonchev–Trinajstić information content (AvgIpc) is 2.42. The molecule has 0 saturated carbocycles. The van der Waals surface area contributed by atoms with E-state index in [1.54, 1.807) is 18.5 Å². The Hall–Kier alpha value is -2.03. The van der Waals surface area contributed by atoms with Crippen molar-refractivity contribution in [1.29, 1.82) is 0 Å². The van der Waals surface area contributed by atoms with Crippen LogP contribution < -0.4 is 0 Å². The molecule has 2 aromatic rings. The van der Waals surface area contributed by atoms with Crippen LogP contribution >= 0.6 is 0 Å². The standard InChI is InChI=1S/C16H16FNO/c1-12-4-6-15(17)9-14(12)10-16(19)7-5-13-3-2-8-18-11-13/h2-4,6,8-9,11H,5,7,10H2,1H3. The average molecular weight is 257 g/mol. The van der Waals surface area contributed by atoms with Crippen molar-refractivity contribution < 1.29 is 9.18 Å². The molecule has 0 radical (unpaired) electrons. The van der Waals surface area contributed by atoms with Crippen molar-refractivity contribution in [1.82, 2.24) is 4.98 Å². The second-order valence-electron chi connectivity index (χ2n) is 4.65. The Labute approximate surface area is 112 Å². The van der Waals surface area contributed by atoms with Crippen molar-refractivity contribution in [3.05, 3.63) is 65.2 Å².